The minimum absolute atomic E-state index is 0.00335. The van der Waals surface area contributed by atoms with Gasteiger partial charge in [0.2, 0.25) is 0 Å². The highest BCUT2D eigenvalue weighted by Crippen LogP contribution is 2.62. The van der Waals surface area contributed by atoms with Crippen LogP contribution >= 0.6 is 15.1 Å². The second-order valence-electron chi connectivity index (χ2n) is 19.4. The Morgan fingerprint density at radius 1 is 0.290 bits per heavy atom. The quantitative estimate of drug-likeness (QED) is 0.151. The number of rotatable bonds is 5. The van der Waals surface area contributed by atoms with Crippen LogP contribution in [-0.4, -0.2) is 0 Å². The molecule has 0 radical (unpaired) electrons. The molecule has 0 aliphatic heterocycles. The van der Waals surface area contributed by atoms with E-state index in [0.717, 1.165) is 0 Å². The molecule has 2 heterocycles. The highest BCUT2D eigenvalue weighted by Gasteiger charge is 2.46. The topological polar surface area (TPSA) is 0 Å². The van der Waals surface area contributed by atoms with E-state index in [1.54, 1.807) is 5.56 Å². The van der Waals surface area contributed by atoms with Crippen LogP contribution in [0, 0.1) is 0 Å². The Kier molecular flexibility index (Phi) is 8.75. The lowest BCUT2D eigenvalue weighted by atomic mass is 9.73. The molecule has 2 heteroatoms. The van der Waals surface area contributed by atoms with E-state index in [1.807, 2.05) is 0 Å². The van der Waals surface area contributed by atoms with Crippen molar-refractivity contribution in [2.75, 3.05) is 0 Å². The van der Waals surface area contributed by atoms with Gasteiger partial charge in [0.05, 0.1) is 0 Å². The van der Waals surface area contributed by atoms with Crippen LogP contribution in [0.1, 0.15) is 36.8 Å². The van der Waals surface area contributed by atoms with Gasteiger partial charge in [0.1, 0.15) is 0 Å². The molecule has 2 aliphatic rings. The molecule has 0 nitrogen and oxygen atoms in total. The molecule has 13 aromatic rings. The van der Waals surface area contributed by atoms with E-state index in [9.17, 15) is 0 Å². The molecule has 2 aliphatic carbocycles. The Labute approximate surface area is 404 Å². The Balaban J connectivity index is 1.09. The van der Waals surface area contributed by atoms with Crippen molar-refractivity contribution in [1.82, 2.24) is 0 Å². The number of fused-ring (bicyclic) bond motifs is 13. The molecular weight excluding hydrogens is 867 g/mol. The Hall–Kier alpha value is -7.46. The van der Waals surface area contributed by atoms with Crippen molar-refractivity contribution in [1.29, 1.82) is 0 Å². The molecule has 0 bridgehead atoms. The molecule has 0 N–H and O–H groups in total. The summed E-state index contributed by atoms with van der Waals surface area (Å²) in [4.78, 5) is 0. The zero-order valence-electron chi connectivity index (χ0n) is 38.2. The van der Waals surface area contributed by atoms with E-state index in [2.05, 4.69) is 231 Å². The van der Waals surface area contributed by atoms with Gasteiger partial charge in [-0.2, -0.15) is 0 Å². The summed E-state index contributed by atoms with van der Waals surface area (Å²) in [6, 6.07) is 88.7. The predicted molar refractivity (Wildman–Crippen MR) is 301 cm³/mol. The van der Waals surface area contributed by atoms with Crippen LogP contribution in [-0.2, 0) is 5.41 Å². The third-order valence-electron chi connectivity index (χ3n) is 16.0. The van der Waals surface area contributed by atoms with Gasteiger partial charge in [-0.15, -0.1) is 0 Å². The Morgan fingerprint density at radius 2 is 0.696 bits per heavy atom. The molecule has 0 saturated heterocycles. The summed E-state index contributed by atoms with van der Waals surface area (Å²) in [5, 5.41) is 19.4. The van der Waals surface area contributed by atoms with Crippen LogP contribution in [0.25, 0.3) is 119 Å². The summed E-state index contributed by atoms with van der Waals surface area (Å²) in [5.41, 5.74) is 13.9. The summed E-state index contributed by atoms with van der Waals surface area (Å²) in [7, 11) is -1.41. The molecule has 2 unspecified atom stereocenters. The van der Waals surface area contributed by atoms with Crippen LogP contribution in [0.2, 0.25) is 0 Å². The van der Waals surface area contributed by atoms with Crippen LogP contribution in [0.5, 0.6) is 0 Å². The monoisotopic (exact) mass is 912 g/mol. The summed E-state index contributed by atoms with van der Waals surface area (Å²) in [6.45, 7) is 0. The fourth-order valence-electron chi connectivity index (χ4n) is 13.4. The number of hydrogen-bond acceptors (Lipinski definition) is 0. The van der Waals surface area contributed by atoms with Gasteiger partial charge in [-0.25, -0.2) is 0 Å². The summed E-state index contributed by atoms with van der Waals surface area (Å²) in [5.74, 6) is 0. The van der Waals surface area contributed by atoms with Gasteiger partial charge in [0.15, 0.2) is 0 Å². The number of benzene rings is 11. The first kappa shape index (κ1) is 39.5. The van der Waals surface area contributed by atoms with Crippen molar-refractivity contribution < 1.29 is 0 Å². The Morgan fingerprint density at radius 3 is 1.28 bits per heavy atom. The molecule has 11 aromatic carbocycles. The van der Waals surface area contributed by atoms with Crippen molar-refractivity contribution in [2.45, 2.75) is 31.1 Å². The van der Waals surface area contributed by atoms with E-state index >= 15 is 0 Å². The first-order valence-corrected chi connectivity index (χ1v) is 27.3. The standard InChI is InChI=1S/C67H46P2/c1-3-20-43(21-4-1)68-59-36-11-8-25-53(59)64-48(31-18-38-61(64)68)45-27-15-29-50-56(45)42-57-46(49-32-19-39-62-65(49)54-26-9-12-37-60(54)69(62)44-22-5-2-6-23-44)28-16-30-51(57)63(50)55-34-17-33-52-47-24-7-10-35-58(47)67(66(52)55)40-13-14-41-67/h1-12,15-39,42H,13-14,40-41H2. The van der Waals surface area contributed by atoms with E-state index in [-0.39, 0.29) is 5.41 Å². The maximum atomic E-state index is 2.59. The van der Waals surface area contributed by atoms with Gasteiger partial charge >= 0.3 is 0 Å². The molecular formula is C67H46P2. The summed E-state index contributed by atoms with van der Waals surface area (Å²) < 4.78 is 0. The highest BCUT2D eigenvalue weighted by atomic mass is 31.1. The van der Waals surface area contributed by atoms with Crippen molar-refractivity contribution in [2.24, 2.45) is 0 Å². The fraction of sp³-hybridized carbons (Fsp3) is 0.0746. The molecule has 1 fully saturated rings. The van der Waals surface area contributed by atoms with Gasteiger partial charge in [-0.1, -0.05) is 240 Å². The second kappa shape index (κ2) is 15.3. The van der Waals surface area contributed by atoms with Crippen LogP contribution in [0.3, 0.4) is 0 Å². The van der Waals surface area contributed by atoms with E-state index < -0.39 is 15.1 Å². The SMILES string of the molecule is c1ccc(-p2c3ccccc3c3c(-c4cccc5c(-c6cccc7c6C6(CCCC6)c6ccccc6-7)c6cccc(-c7cccc8c7c7ccccc7p8-c7ccccc7)c6cc45)cccc32)cc1. The van der Waals surface area contributed by atoms with Crippen LogP contribution in [0.4, 0.5) is 0 Å². The third kappa shape index (κ3) is 5.60. The van der Waals surface area contributed by atoms with E-state index in [0.29, 0.717) is 0 Å². The molecule has 0 amide bonds. The smallest absolute Gasteiger partial charge is 0.0221 e. The van der Waals surface area contributed by atoms with E-state index in [4.69, 9.17) is 0 Å². The van der Waals surface area contributed by atoms with Crippen molar-refractivity contribution >= 4 is 78.6 Å². The van der Waals surface area contributed by atoms with Gasteiger partial charge in [-0.05, 0) is 130 Å². The van der Waals surface area contributed by atoms with Crippen molar-refractivity contribution in [3.05, 3.63) is 242 Å². The van der Waals surface area contributed by atoms with Gasteiger partial charge < -0.3 is 0 Å². The van der Waals surface area contributed by atoms with Crippen LogP contribution in [0.15, 0.2) is 231 Å². The summed E-state index contributed by atoms with van der Waals surface area (Å²) >= 11 is 0. The average molecular weight is 913 g/mol. The third-order valence-corrected chi connectivity index (χ3v) is 21.1. The number of hydrogen-bond donors (Lipinski definition) is 0. The molecule has 1 spiro atoms. The van der Waals surface area contributed by atoms with Gasteiger partial charge in [0, 0.05) is 36.7 Å². The molecule has 2 atom stereocenters. The minimum atomic E-state index is -0.706. The lowest BCUT2D eigenvalue weighted by Crippen LogP contribution is -2.21. The Bertz CT molecular complexity index is 4020. The fourth-order valence-corrected chi connectivity index (χ4v) is 18.7. The molecule has 1 saturated carbocycles. The van der Waals surface area contributed by atoms with Gasteiger partial charge in [0.25, 0.3) is 0 Å². The van der Waals surface area contributed by atoms with Crippen molar-refractivity contribution in [3.63, 3.8) is 0 Å². The lowest BCUT2D eigenvalue weighted by molar-refractivity contribution is 0.551. The second-order valence-corrected chi connectivity index (χ2v) is 23.7. The average Bonchev–Trinajstić information content (AvgIpc) is 4.19. The first-order chi connectivity index (χ1) is 34.3. The largest absolute Gasteiger partial charge is 0.0772 e. The van der Waals surface area contributed by atoms with Gasteiger partial charge in [-0.3, -0.25) is 0 Å². The minimum Gasteiger partial charge on any atom is -0.0772 e. The maximum Gasteiger partial charge on any atom is 0.0221 e. The zero-order chi connectivity index (χ0) is 45.2. The summed E-state index contributed by atoms with van der Waals surface area (Å²) in [6.07, 6.45) is 4.89. The molecule has 69 heavy (non-hydrogen) atoms. The van der Waals surface area contributed by atoms with E-state index in [1.165, 1.54) is 150 Å². The molecule has 15 rings (SSSR count). The lowest BCUT2D eigenvalue weighted by Gasteiger charge is -2.30. The maximum absolute atomic E-state index is 2.59. The molecule has 324 valence electrons. The van der Waals surface area contributed by atoms with Crippen molar-refractivity contribution in [3.8, 4) is 55.1 Å². The first-order valence-electron chi connectivity index (χ1n) is 24.6. The predicted octanol–water partition coefficient (Wildman–Crippen LogP) is 20.4. The zero-order valence-corrected chi connectivity index (χ0v) is 40.0. The highest BCUT2D eigenvalue weighted by molar-refractivity contribution is 7.68. The van der Waals surface area contributed by atoms with Crippen LogP contribution < -0.4 is 0 Å². The normalized spacial score (nSPS) is 14.5. The molecule has 2 aromatic heterocycles.